The number of nitriles is 1. The van der Waals surface area contributed by atoms with Gasteiger partial charge in [0.2, 0.25) is 0 Å². The fraction of sp³-hybridized carbons (Fsp3) is 0.529. The van der Waals surface area contributed by atoms with Crippen LogP contribution in [0.5, 0.6) is 0 Å². The van der Waals surface area contributed by atoms with Gasteiger partial charge in [0, 0.05) is 13.1 Å². The molecule has 2 saturated carbocycles. The van der Waals surface area contributed by atoms with Gasteiger partial charge in [-0.15, -0.1) is 0 Å². The molecule has 4 nitrogen and oxygen atoms in total. The molecule has 0 spiro atoms. The molecule has 0 radical (unpaired) electrons. The van der Waals surface area contributed by atoms with E-state index in [1.165, 1.54) is 0 Å². The Bertz CT molecular complexity index is 579. The van der Waals surface area contributed by atoms with Gasteiger partial charge in [0.25, 0.3) is 5.91 Å². The first-order valence-corrected chi connectivity index (χ1v) is 7.54. The highest BCUT2D eigenvalue weighted by molar-refractivity contribution is 5.96. The van der Waals surface area contributed by atoms with Gasteiger partial charge < -0.3 is 10.0 Å². The van der Waals surface area contributed by atoms with E-state index in [9.17, 15) is 9.90 Å². The summed E-state index contributed by atoms with van der Waals surface area (Å²) in [7, 11) is 1.83. The molecule has 1 aromatic carbocycles. The Morgan fingerprint density at radius 2 is 1.86 bits per heavy atom. The second-order valence-corrected chi connectivity index (χ2v) is 6.34. The predicted octanol–water partition coefficient (Wildman–Crippen LogP) is 2.18. The van der Waals surface area contributed by atoms with Crippen LogP contribution in [0.25, 0.3) is 0 Å². The van der Waals surface area contributed by atoms with Gasteiger partial charge in [-0.3, -0.25) is 4.79 Å². The van der Waals surface area contributed by atoms with Crippen LogP contribution in [0.15, 0.2) is 24.3 Å². The Morgan fingerprint density at radius 3 is 2.48 bits per heavy atom. The molecule has 2 aliphatic carbocycles. The van der Waals surface area contributed by atoms with Gasteiger partial charge in [-0.2, -0.15) is 5.26 Å². The van der Waals surface area contributed by atoms with E-state index < -0.39 is 0 Å². The van der Waals surface area contributed by atoms with Gasteiger partial charge in [0.05, 0.1) is 23.3 Å². The van der Waals surface area contributed by atoms with Crippen LogP contribution < -0.4 is 0 Å². The molecular formula is C17H20N2O2. The number of aliphatic hydroxyl groups excluding tert-OH is 1. The van der Waals surface area contributed by atoms with Crippen LogP contribution in [0.3, 0.4) is 0 Å². The number of benzene rings is 1. The van der Waals surface area contributed by atoms with E-state index in [0.29, 0.717) is 23.0 Å². The lowest BCUT2D eigenvalue weighted by Gasteiger charge is -2.26. The Kier molecular flexibility index (Phi) is 3.69. The Labute approximate surface area is 125 Å². The van der Waals surface area contributed by atoms with Crippen LogP contribution in [-0.4, -0.2) is 35.1 Å². The minimum Gasteiger partial charge on any atom is -0.393 e. The first-order chi connectivity index (χ1) is 10.1. The summed E-state index contributed by atoms with van der Waals surface area (Å²) in [6.07, 6.45) is 3.54. The van der Waals surface area contributed by atoms with E-state index in [4.69, 9.17) is 5.26 Å². The van der Waals surface area contributed by atoms with Crippen LogP contribution in [0.2, 0.25) is 0 Å². The van der Waals surface area contributed by atoms with Gasteiger partial charge in [-0.1, -0.05) is 12.1 Å². The molecule has 1 N–H and O–H groups in total. The third kappa shape index (κ3) is 2.54. The summed E-state index contributed by atoms with van der Waals surface area (Å²) in [6, 6.07) is 9.28. The lowest BCUT2D eigenvalue weighted by atomic mass is 10.0. The van der Waals surface area contributed by atoms with Gasteiger partial charge in [0.1, 0.15) is 0 Å². The molecule has 3 rings (SSSR count). The second-order valence-electron chi connectivity index (χ2n) is 6.34. The number of amides is 1. The average molecular weight is 284 g/mol. The Morgan fingerprint density at radius 1 is 1.24 bits per heavy atom. The van der Waals surface area contributed by atoms with E-state index in [2.05, 4.69) is 6.07 Å². The third-order valence-electron chi connectivity index (χ3n) is 5.11. The highest BCUT2D eigenvalue weighted by Crippen LogP contribution is 2.45. The van der Waals surface area contributed by atoms with E-state index >= 15 is 0 Å². The average Bonchev–Trinajstić information content (AvgIpc) is 3.02. The number of aliphatic hydroxyl groups is 1. The van der Waals surface area contributed by atoms with Crippen LogP contribution in [0.1, 0.15) is 41.6 Å². The monoisotopic (exact) mass is 284 g/mol. The van der Waals surface area contributed by atoms with Crippen LogP contribution in [-0.2, 0) is 0 Å². The van der Waals surface area contributed by atoms with E-state index in [-0.39, 0.29) is 18.1 Å². The zero-order chi connectivity index (χ0) is 15.0. The van der Waals surface area contributed by atoms with Crippen molar-refractivity contribution in [3.8, 4) is 6.07 Å². The van der Waals surface area contributed by atoms with Crippen molar-refractivity contribution in [3.05, 3.63) is 35.4 Å². The van der Waals surface area contributed by atoms with Gasteiger partial charge in [-0.05, 0) is 49.7 Å². The summed E-state index contributed by atoms with van der Waals surface area (Å²) in [4.78, 5) is 14.4. The lowest BCUT2D eigenvalue weighted by Crippen LogP contribution is -2.36. The molecule has 0 bridgehead atoms. The largest absolute Gasteiger partial charge is 0.393 e. The minimum absolute atomic E-state index is 0.0716. The molecule has 110 valence electrons. The molecular weight excluding hydrogens is 264 g/mol. The number of carbonyl (C=O) groups excluding carboxylic acids is 1. The normalized spacial score (nSPS) is 30.7. The molecule has 2 fully saturated rings. The number of hydrogen-bond acceptors (Lipinski definition) is 3. The fourth-order valence-electron chi connectivity index (χ4n) is 3.99. The van der Waals surface area contributed by atoms with Crippen LogP contribution >= 0.6 is 0 Å². The SMILES string of the molecule is CN(C(=O)c1ccccc1C#N)C1C[C@H]2CC(O)C[C@H]2C1. The molecule has 4 atom stereocenters. The molecule has 0 aromatic heterocycles. The number of hydrogen-bond donors (Lipinski definition) is 1. The molecule has 21 heavy (non-hydrogen) atoms. The van der Waals surface area contributed by atoms with E-state index in [0.717, 1.165) is 25.7 Å². The first-order valence-electron chi connectivity index (χ1n) is 7.54. The minimum atomic E-state index is -0.152. The van der Waals surface area contributed by atoms with Crippen molar-refractivity contribution in [1.82, 2.24) is 4.90 Å². The van der Waals surface area contributed by atoms with Crippen molar-refractivity contribution in [2.45, 2.75) is 37.8 Å². The van der Waals surface area contributed by atoms with Crippen LogP contribution in [0, 0.1) is 23.2 Å². The molecule has 0 aliphatic heterocycles. The summed E-state index contributed by atoms with van der Waals surface area (Å²) in [6.45, 7) is 0. The summed E-state index contributed by atoms with van der Waals surface area (Å²) < 4.78 is 0. The standard InChI is InChI=1S/C17H20N2O2/c1-19(14-6-12-8-15(20)9-13(12)7-14)17(21)16-5-3-2-4-11(16)10-18/h2-5,12-15,20H,6-9H2,1H3/t12-,13+,14?,15?. The smallest absolute Gasteiger partial charge is 0.255 e. The summed E-state index contributed by atoms with van der Waals surface area (Å²) in [5.41, 5.74) is 0.919. The molecule has 2 unspecified atom stereocenters. The number of fused-ring (bicyclic) bond motifs is 1. The summed E-state index contributed by atoms with van der Waals surface area (Å²) >= 11 is 0. The van der Waals surface area contributed by atoms with Crippen molar-refractivity contribution in [3.63, 3.8) is 0 Å². The quantitative estimate of drug-likeness (QED) is 0.905. The maximum Gasteiger partial charge on any atom is 0.255 e. The van der Waals surface area contributed by atoms with Gasteiger partial charge in [-0.25, -0.2) is 0 Å². The fourth-order valence-corrected chi connectivity index (χ4v) is 3.99. The van der Waals surface area contributed by atoms with E-state index in [1.54, 1.807) is 29.2 Å². The maximum absolute atomic E-state index is 12.6. The zero-order valence-corrected chi connectivity index (χ0v) is 12.2. The Balaban J connectivity index is 1.73. The molecule has 1 aromatic rings. The van der Waals surface area contributed by atoms with Gasteiger partial charge >= 0.3 is 0 Å². The maximum atomic E-state index is 12.6. The second kappa shape index (κ2) is 5.50. The van der Waals surface area contributed by atoms with Crippen molar-refractivity contribution < 1.29 is 9.90 Å². The number of nitrogens with zero attached hydrogens (tertiary/aromatic N) is 2. The Hall–Kier alpha value is -1.86. The van der Waals surface area contributed by atoms with Crippen LogP contribution in [0.4, 0.5) is 0 Å². The first kappa shape index (κ1) is 14.1. The summed E-state index contributed by atoms with van der Waals surface area (Å²) in [5.74, 6) is 1.02. The molecule has 0 heterocycles. The zero-order valence-electron chi connectivity index (χ0n) is 12.2. The molecule has 1 amide bonds. The summed E-state index contributed by atoms with van der Waals surface area (Å²) in [5, 5.41) is 18.8. The predicted molar refractivity (Wildman–Crippen MR) is 78.5 cm³/mol. The highest BCUT2D eigenvalue weighted by Gasteiger charge is 2.43. The van der Waals surface area contributed by atoms with E-state index in [1.807, 2.05) is 7.05 Å². The van der Waals surface area contributed by atoms with Crippen molar-refractivity contribution >= 4 is 5.91 Å². The molecule has 2 aliphatic rings. The molecule has 4 heteroatoms. The number of rotatable bonds is 2. The number of carbonyl (C=O) groups is 1. The van der Waals surface area contributed by atoms with Crippen molar-refractivity contribution in [2.75, 3.05) is 7.05 Å². The lowest BCUT2D eigenvalue weighted by molar-refractivity contribution is 0.0722. The topological polar surface area (TPSA) is 64.3 Å². The highest BCUT2D eigenvalue weighted by atomic mass is 16.3. The van der Waals surface area contributed by atoms with Crippen molar-refractivity contribution in [1.29, 1.82) is 5.26 Å². The third-order valence-corrected chi connectivity index (χ3v) is 5.11. The van der Waals surface area contributed by atoms with Crippen molar-refractivity contribution in [2.24, 2.45) is 11.8 Å². The van der Waals surface area contributed by atoms with Gasteiger partial charge in [0.15, 0.2) is 0 Å². The molecule has 0 saturated heterocycles.